The zero-order valence-electron chi connectivity index (χ0n) is 16.0. The van der Waals surface area contributed by atoms with Gasteiger partial charge in [-0.2, -0.15) is 0 Å². The minimum atomic E-state index is 0. The van der Waals surface area contributed by atoms with E-state index in [1.807, 2.05) is 0 Å². The van der Waals surface area contributed by atoms with Gasteiger partial charge in [-0.25, -0.2) is 4.98 Å². The molecule has 0 bridgehead atoms. The third-order valence-electron chi connectivity index (χ3n) is 4.56. The van der Waals surface area contributed by atoms with Crippen LogP contribution in [0.25, 0.3) is 0 Å². The molecule has 9 heteroatoms. The van der Waals surface area contributed by atoms with Gasteiger partial charge in [0.25, 0.3) is 0 Å². The van der Waals surface area contributed by atoms with Crippen molar-refractivity contribution >= 4 is 52.3 Å². The van der Waals surface area contributed by atoms with E-state index in [1.54, 1.807) is 11.3 Å². The summed E-state index contributed by atoms with van der Waals surface area (Å²) in [7, 11) is 0. The van der Waals surface area contributed by atoms with Crippen LogP contribution in [0, 0.1) is 5.92 Å². The average Bonchev–Trinajstić information content (AvgIpc) is 3.15. The Hall–Kier alpha value is -1.10. The van der Waals surface area contributed by atoms with E-state index in [0.29, 0.717) is 19.6 Å². The van der Waals surface area contributed by atoms with Crippen LogP contribution < -0.4 is 20.9 Å². The average molecular weight is 506 g/mol. The van der Waals surface area contributed by atoms with Crippen LogP contribution in [0.2, 0.25) is 0 Å². The molecule has 3 N–H and O–H groups in total. The second-order valence-electron chi connectivity index (χ2n) is 6.82. The van der Waals surface area contributed by atoms with Crippen molar-refractivity contribution in [3.63, 3.8) is 0 Å². The Kier molecular flexibility index (Phi) is 9.60. The first-order valence-corrected chi connectivity index (χ1v) is 10.6. The van der Waals surface area contributed by atoms with E-state index in [0.717, 1.165) is 55.7 Å². The lowest BCUT2D eigenvalue weighted by Crippen LogP contribution is -2.41. The first-order valence-electron chi connectivity index (χ1n) is 9.75. The van der Waals surface area contributed by atoms with Crippen molar-refractivity contribution in [2.24, 2.45) is 10.9 Å². The van der Waals surface area contributed by atoms with Crippen LogP contribution in [0.3, 0.4) is 0 Å². The van der Waals surface area contributed by atoms with Crippen LogP contribution >= 0.6 is 35.3 Å². The van der Waals surface area contributed by atoms with Crippen molar-refractivity contribution in [3.8, 4) is 0 Å². The molecule has 0 radical (unpaired) electrons. The van der Waals surface area contributed by atoms with Gasteiger partial charge >= 0.3 is 0 Å². The Morgan fingerprint density at radius 2 is 2.00 bits per heavy atom. The van der Waals surface area contributed by atoms with Crippen LogP contribution in [0.5, 0.6) is 0 Å². The highest BCUT2D eigenvalue weighted by Gasteiger charge is 2.28. The fraction of sp³-hybridized carbons (Fsp3) is 0.722. The number of aromatic nitrogens is 1. The monoisotopic (exact) mass is 506 g/mol. The van der Waals surface area contributed by atoms with Gasteiger partial charge in [0.05, 0.1) is 5.69 Å². The molecule has 1 saturated heterocycles. The predicted molar refractivity (Wildman–Crippen MR) is 122 cm³/mol. The minimum absolute atomic E-state index is 0. The summed E-state index contributed by atoms with van der Waals surface area (Å²) in [5.74, 6) is 1.25. The third-order valence-corrected chi connectivity index (χ3v) is 5.51. The zero-order valence-corrected chi connectivity index (χ0v) is 19.1. The van der Waals surface area contributed by atoms with Crippen molar-refractivity contribution < 1.29 is 4.79 Å². The molecule has 2 heterocycles. The number of thiazole rings is 1. The van der Waals surface area contributed by atoms with Gasteiger partial charge in [0.2, 0.25) is 5.91 Å². The highest BCUT2D eigenvalue weighted by molar-refractivity contribution is 14.0. The van der Waals surface area contributed by atoms with Gasteiger partial charge in [-0.1, -0.05) is 0 Å². The number of rotatable bonds is 9. The number of nitrogens with zero attached hydrogens (tertiary/aromatic N) is 3. The number of nitrogens with one attached hydrogen (secondary N) is 3. The number of anilines is 1. The van der Waals surface area contributed by atoms with Crippen molar-refractivity contribution in [2.45, 2.75) is 39.0 Å². The fourth-order valence-electron chi connectivity index (χ4n) is 2.95. The van der Waals surface area contributed by atoms with E-state index in [9.17, 15) is 4.79 Å². The molecule has 3 rings (SSSR count). The van der Waals surface area contributed by atoms with E-state index in [1.165, 1.54) is 12.8 Å². The van der Waals surface area contributed by atoms with E-state index in [4.69, 9.17) is 4.98 Å². The van der Waals surface area contributed by atoms with Crippen LogP contribution in [-0.2, 0) is 11.2 Å². The Morgan fingerprint density at radius 3 is 2.70 bits per heavy atom. The summed E-state index contributed by atoms with van der Waals surface area (Å²) in [6, 6.07) is 0. The molecule has 0 unspecified atom stereocenters. The van der Waals surface area contributed by atoms with Gasteiger partial charge in [0.15, 0.2) is 11.1 Å². The molecule has 0 aromatic carbocycles. The lowest BCUT2D eigenvalue weighted by Gasteiger charge is -2.12. The first kappa shape index (κ1) is 22.2. The van der Waals surface area contributed by atoms with Gasteiger partial charge in [-0.15, -0.1) is 35.3 Å². The number of hydrogen-bond acceptors (Lipinski definition) is 5. The van der Waals surface area contributed by atoms with Crippen LogP contribution in [0.4, 0.5) is 5.13 Å². The maximum absolute atomic E-state index is 11.6. The molecule has 1 saturated carbocycles. The second kappa shape index (κ2) is 11.7. The van der Waals surface area contributed by atoms with Crippen LogP contribution in [0.1, 0.15) is 38.3 Å². The molecule has 1 aromatic rings. The summed E-state index contributed by atoms with van der Waals surface area (Å²) >= 11 is 1.74. The fourth-order valence-corrected chi connectivity index (χ4v) is 3.86. The molecular weight excluding hydrogens is 475 g/mol. The number of aliphatic imine (C=N–C) groups is 1. The Morgan fingerprint density at radius 1 is 1.26 bits per heavy atom. The first-order chi connectivity index (χ1) is 12.8. The smallest absolute Gasteiger partial charge is 0.223 e. The van der Waals surface area contributed by atoms with E-state index >= 15 is 0 Å². The van der Waals surface area contributed by atoms with Crippen molar-refractivity contribution in [1.29, 1.82) is 0 Å². The topological polar surface area (TPSA) is 81.7 Å². The summed E-state index contributed by atoms with van der Waals surface area (Å²) in [5, 5.41) is 12.8. The minimum Gasteiger partial charge on any atom is -0.357 e. The number of carbonyl (C=O) groups is 1. The van der Waals surface area contributed by atoms with E-state index in [-0.39, 0.29) is 35.8 Å². The molecule has 2 aliphatic rings. The summed E-state index contributed by atoms with van der Waals surface area (Å²) < 4.78 is 0. The van der Waals surface area contributed by atoms with Gasteiger partial charge in [0, 0.05) is 57.0 Å². The Balaban J connectivity index is 0.00000261. The molecule has 1 aliphatic heterocycles. The molecular formula is C18H31IN6OS. The molecule has 1 amide bonds. The molecule has 0 atom stereocenters. The summed E-state index contributed by atoms with van der Waals surface area (Å²) in [6.45, 7) is 7.15. The molecule has 1 aliphatic carbocycles. The van der Waals surface area contributed by atoms with Gasteiger partial charge in [0.1, 0.15) is 0 Å². The van der Waals surface area contributed by atoms with Gasteiger partial charge in [-0.05, 0) is 32.6 Å². The lowest BCUT2D eigenvalue weighted by atomic mass is 10.3. The predicted octanol–water partition coefficient (Wildman–Crippen LogP) is 1.99. The molecule has 1 aromatic heterocycles. The highest BCUT2D eigenvalue weighted by Crippen LogP contribution is 2.28. The third kappa shape index (κ3) is 7.44. The molecule has 7 nitrogen and oxygen atoms in total. The summed E-state index contributed by atoms with van der Waals surface area (Å²) in [4.78, 5) is 23.3. The van der Waals surface area contributed by atoms with Crippen molar-refractivity contribution in [1.82, 2.24) is 20.9 Å². The summed E-state index contributed by atoms with van der Waals surface area (Å²) in [5.41, 5.74) is 1.12. The largest absolute Gasteiger partial charge is 0.357 e. The van der Waals surface area contributed by atoms with Gasteiger partial charge < -0.3 is 20.9 Å². The maximum atomic E-state index is 11.6. The Labute approximate surface area is 182 Å². The number of carbonyl (C=O) groups excluding carboxylic acids is 1. The zero-order chi connectivity index (χ0) is 18.2. The number of hydrogen-bond donors (Lipinski definition) is 3. The molecule has 0 spiro atoms. The maximum Gasteiger partial charge on any atom is 0.223 e. The highest BCUT2D eigenvalue weighted by atomic mass is 127. The summed E-state index contributed by atoms with van der Waals surface area (Å²) in [6.07, 6.45) is 5.48. The Bertz CT molecular complexity index is 613. The normalized spacial score (nSPS) is 16.8. The second-order valence-corrected chi connectivity index (χ2v) is 7.65. The van der Waals surface area contributed by atoms with Gasteiger partial charge in [-0.3, -0.25) is 9.79 Å². The molecule has 2 fully saturated rings. The number of guanidine groups is 1. The number of amides is 1. The standard InChI is InChI=1S/C18H30N6OS.HI/c1-2-19-17(22-10-9-20-16(25)14-5-6-14)21-8-7-15-13-26-18(23-15)24-11-3-4-12-24;/h13-14H,2-12H2,1H3,(H,20,25)(H2,19,21,22);1H. The quantitative estimate of drug-likeness (QED) is 0.207. The molecule has 152 valence electrons. The van der Waals surface area contributed by atoms with Crippen molar-refractivity contribution in [3.05, 3.63) is 11.1 Å². The van der Waals surface area contributed by atoms with Crippen molar-refractivity contribution in [2.75, 3.05) is 44.2 Å². The molecule has 27 heavy (non-hydrogen) atoms. The van der Waals surface area contributed by atoms with E-state index < -0.39 is 0 Å². The SMILES string of the molecule is CCNC(=NCCc1csc(N2CCCC2)n1)NCCNC(=O)C1CC1.I. The van der Waals surface area contributed by atoms with Crippen LogP contribution in [0.15, 0.2) is 10.4 Å². The van der Waals surface area contributed by atoms with E-state index in [2.05, 4.69) is 38.1 Å². The number of halogens is 1. The van der Waals surface area contributed by atoms with Crippen LogP contribution in [-0.4, -0.2) is 56.1 Å². The lowest BCUT2D eigenvalue weighted by molar-refractivity contribution is -0.122.